The number of carbonyl (C=O) groups excluding carboxylic acids is 1. The van der Waals surface area contributed by atoms with Crippen molar-refractivity contribution in [3.63, 3.8) is 0 Å². The van der Waals surface area contributed by atoms with E-state index < -0.39 is 37.5 Å². The van der Waals surface area contributed by atoms with Gasteiger partial charge in [-0.2, -0.15) is 0 Å². The SMILES string of the molecule is CC(C)(C)OC(=O)N[C@@H](Sc1ccccc1)[C@H](O[Si](C)(C)C(C)(C)C)C(=O)O. The molecule has 0 bridgehead atoms. The Bertz CT molecular complexity index is 667. The Morgan fingerprint density at radius 3 is 2.04 bits per heavy atom. The summed E-state index contributed by atoms with van der Waals surface area (Å²) >= 11 is 1.24. The summed E-state index contributed by atoms with van der Waals surface area (Å²) < 4.78 is 11.5. The average Bonchev–Trinajstić information content (AvgIpc) is 2.50. The molecule has 1 aromatic rings. The molecule has 0 aliphatic carbocycles. The van der Waals surface area contributed by atoms with Crippen LogP contribution in [0.3, 0.4) is 0 Å². The molecule has 0 unspecified atom stereocenters. The number of hydrogen-bond acceptors (Lipinski definition) is 5. The summed E-state index contributed by atoms with van der Waals surface area (Å²) in [5.74, 6) is -1.12. The maximum atomic E-state index is 12.4. The van der Waals surface area contributed by atoms with Gasteiger partial charge >= 0.3 is 12.1 Å². The van der Waals surface area contributed by atoms with E-state index in [4.69, 9.17) is 9.16 Å². The fraction of sp³-hybridized carbons (Fsp3) is 0.600. The molecular weight excluding hydrogens is 394 g/mol. The highest BCUT2D eigenvalue weighted by atomic mass is 32.2. The van der Waals surface area contributed by atoms with Gasteiger partial charge in [0, 0.05) is 4.90 Å². The fourth-order valence-corrected chi connectivity index (χ4v) is 4.35. The van der Waals surface area contributed by atoms with Crippen LogP contribution in [0, 0.1) is 0 Å². The lowest BCUT2D eigenvalue weighted by atomic mass is 10.2. The molecule has 1 amide bonds. The van der Waals surface area contributed by atoms with E-state index in [0.717, 1.165) is 4.90 Å². The molecule has 0 radical (unpaired) electrons. The molecule has 2 atom stereocenters. The topological polar surface area (TPSA) is 84.9 Å². The van der Waals surface area contributed by atoms with Crippen LogP contribution in [0.2, 0.25) is 18.1 Å². The first kappa shape index (κ1) is 24.5. The number of nitrogens with one attached hydrogen (secondary N) is 1. The van der Waals surface area contributed by atoms with Gasteiger partial charge in [-0.1, -0.05) is 50.7 Å². The van der Waals surface area contributed by atoms with Crippen LogP contribution in [0.15, 0.2) is 35.2 Å². The Hall–Kier alpha value is -1.51. The predicted molar refractivity (Wildman–Crippen MR) is 115 cm³/mol. The van der Waals surface area contributed by atoms with Gasteiger partial charge < -0.3 is 19.6 Å². The summed E-state index contributed by atoms with van der Waals surface area (Å²) in [6, 6.07) is 9.31. The van der Waals surface area contributed by atoms with E-state index in [-0.39, 0.29) is 5.04 Å². The van der Waals surface area contributed by atoms with Crippen LogP contribution < -0.4 is 5.32 Å². The van der Waals surface area contributed by atoms with Crippen molar-refractivity contribution in [3.05, 3.63) is 30.3 Å². The highest BCUT2D eigenvalue weighted by Crippen LogP contribution is 2.39. The van der Waals surface area contributed by atoms with E-state index in [1.165, 1.54) is 11.8 Å². The number of aliphatic carboxylic acids is 1. The van der Waals surface area contributed by atoms with Gasteiger partial charge in [0.15, 0.2) is 14.4 Å². The minimum atomic E-state index is -2.39. The minimum absolute atomic E-state index is 0.172. The number of alkyl carbamates (subject to hydrolysis) is 1. The lowest BCUT2D eigenvalue weighted by Gasteiger charge is -2.40. The van der Waals surface area contributed by atoms with Crippen molar-refractivity contribution < 1.29 is 23.9 Å². The fourth-order valence-electron chi connectivity index (χ4n) is 1.97. The number of rotatable bonds is 7. The summed E-state index contributed by atoms with van der Waals surface area (Å²) in [7, 11) is -2.39. The van der Waals surface area contributed by atoms with Crippen LogP contribution in [-0.4, -0.2) is 42.6 Å². The standard InChI is InChI=1S/C20H33NO5SSi/c1-19(2,3)25-18(24)21-16(27-14-12-10-9-11-13-14)15(17(22)23)26-28(7,8)20(4,5)6/h9-13,15-16H,1-8H3,(H,21,24)(H,22,23)/t15-,16-/m0/s1. The molecule has 8 heteroatoms. The lowest BCUT2D eigenvalue weighted by Crippen LogP contribution is -2.54. The number of carboxylic acid groups (broad SMARTS) is 1. The second-order valence-electron chi connectivity index (χ2n) is 9.13. The zero-order valence-electron chi connectivity index (χ0n) is 18.0. The second-order valence-corrected chi connectivity index (χ2v) is 15.1. The van der Waals surface area contributed by atoms with Crippen molar-refractivity contribution in [1.82, 2.24) is 5.32 Å². The number of carboxylic acids is 1. The van der Waals surface area contributed by atoms with Gasteiger partial charge in [-0.05, 0) is 51.0 Å². The summed E-state index contributed by atoms with van der Waals surface area (Å²) in [6.45, 7) is 15.4. The monoisotopic (exact) mass is 427 g/mol. The summed E-state index contributed by atoms with van der Waals surface area (Å²) in [4.78, 5) is 25.3. The summed E-state index contributed by atoms with van der Waals surface area (Å²) in [5.41, 5.74) is -0.689. The molecule has 6 nitrogen and oxygen atoms in total. The van der Waals surface area contributed by atoms with Gasteiger partial charge in [0.1, 0.15) is 11.0 Å². The zero-order chi connectivity index (χ0) is 21.8. The van der Waals surface area contributed by atoms with Crippen LogP contribution in [0.25, 0.3) is 0 Å². The third kappa shape index (κ3) is 7.85. The van der Waals surface area contributed by atoms with Gasteiger partial charge in [-0.15, -0.1) is 0 Å². The van der Waals surface area contributed by atoms with Crippen LogP contribution in [-0.2, 0) is 14.0 Å². The Balaban J connectivity index is 3.16. The predicted octanol–water partition coefficient (Wildman–Crippen LogP) is 5.10. The minimum Gasteiger partial charge on any atom is -0.479 e. The molecule has 0 aliphatic rings. The Morgan fingerprint density at radius 1 is 1.07 bits per heavy atom. The molecule has 0 spiro atoms. The second kappa shape index (κ2) is 9.32. The maximum absolute atomic E-state index is 12.4. The third-order valence-electron chi connectivity index (χ3n) is 4.41. The van der Waals surface area contributed by atoms with Crippen molar-refractivity contribution in [2.75, 3.05) is 0 Å². The molecule has 0 aliphatic heterocycles. The number of carbonyl (C=O) groups is 2. The van der Waals surface area contributed by atoms with Crippen LogP contribution in [0.5, 0.6) is 0 Å². The van der Waals surface area contributed by atoms with Crippen molar-refractivity contribution in [2.45, 2.75) is 81.6 Å². The van der Waals surface area contributed by atoms with E-state index in [1.807, 2.05) is 64.2 Å². The molecule has 0 fully saturated rings. The molecular formula is C20H33NO5SSi. The molecule has 2 N–H and O–H groups in total. The van der Waals surface area contributed by atoms with E-state index in [2.05, 4.69) is 5.32 Å². The molecule has 0 heterocycles. The van der Waals surface area contributed by atoms with Crippen LogP contribution >= 0.6 is 11.8 Å². The van der Waals surface area contributed by atoms with Gasteiger partial charge in [-0.25, -0.2) is 9.59 Å². The molecule has 0 saturated carbocycles. The van der Waals surface area contributed by atoms with E-state index >= 15 is 0 Å². The Labute approximate surface area is 173 Å². The van der Waals surface area contributed by atoms with E-state index in [0.29, 0.717) is 0 Å². The van der Waals surface area contributed by atoms with E-state index in [1.54, 1.807) is 20.8 Å². The van der Waals surface area contributed by atoms with Gasteiger partial charge in [-0.3, -0.25) is 0 Å². The summed E-state index contributed by atoms with van der Waals surface area (Å²) in [6.07, 6.45) is -1.88. The van der Waals surface area contributed by atoms with Crippen LogP contribution in [0.4, 0.5) is 4.79 Å². The van der Waals surface area contributed by atoms with Gasteiger partial charge in [0.2, 0.25) is 0 Å². The number of amides is 1. The molecule has 158 valence electrons. The normalized spacial score (nSPS) is 14.9. The largest absolute Gasteiger partial charge is 0.479 e. The first-order valence-corrected chi connectivity index (χ1v) is 13.0. The molecule has 0 saturated heterocycles. The lowest BCUT2D eigenvalue weighted by molar-refractivity contribution is -0.145. The number of hydrogen-bond donors (Lipinski definition) is 2. The molecule has 1 rings (SSSR count). The van der Waals surface area contributed by atoms with Crippen molar-refractivity contribution in [2.24, 2.45) is 0 Å². The third-order valence-corrected chi connectivity index (χ3v) is 10.0. The number of benzene rings is 1. The smallest absolute Gasteiger partial charge is 0.408 e. The highest BCUT2D eigenvalue weighted by molar-refractivity contribution is 8.00. The van der Waals surface area contributed by atoms with Gasteiger partial charge in [0.05, 0.1) is 0 Å². The first-order chi connectivity index (χ1) is 12.6. The molecule has 0 aromatic heterocycles. The van der Waals surface area contributed by atoms with E-state index in [9.17, 15) is 14.7 Å². The Morgan fingerprint density at radius 2 is 1.61 bits per heavy atom. The molecule has 1 aromatic carbocycles. The van der Waals surface area contributed by atoms with Crippen molar-refractivity contribution in [3.8, 4) is 0 Å². The van der Waals surface area contributed by atoms with Crippen molar-refractivity contribution >= 4 is 32.1 Å². The number of ether oxygens (including phenoxy) is 1. The quantitative estimate of drug-likeness (QED) is 0.357. The summed E-state index contributed by atoms with van der Waals surface area (Å²) in [5, 5.41) is 11.6. The first-order valence-electron chi connectivity index (χ1n) is 9.24. The van der Waals surface area contributed by atoms with Crippen LogP contribution in [0.1, 0.15) is 41.5 Å². The molecule has 28 heavy (non-hydrogen) atoms. The van der Waals surface area contributed by atoms with Crippen molar-refractivity contribution in [1.29, 1.82) is 0 Å². The zero-order valence-corrected chi connectivity index (χ0v) is 19.8. The average molecular weight is 428 g/mol. The maximum Gasteiger partial charge on any atom is 0.408 e. The Kier molecular flexibility index (Phi) is 8.17. The number of thioether (sulfide) groups is 1. The van der Waals surface area contributed by atoms with Gasteiger partial charge in [0.25, 0.3) is 0 Å². The highest BCUT2D eigenvalue weighted by Gasteiger charge is 2.44.